The van der Waals surface area contributed by atoms with Crippen molar-refractivity contribution in [3.63, 3.8) is 0 Å². The Morgan fingerprint density at radius 3 is 2.19 bits per heavy atom. The molecule has 0 unspecified atom stereocenters. The van der Waals surface area contributed by atoms with Gasteiger partial charge in [0.05, 0.1) is 12.1 Å². The second kappa shape index (κ2) is 10.5. The van der Waals surface area contributed by atoms with Crippen LogP contribution in [0.3, 0.4) is 0 Å². The van der Waals surface area contributed by atoms with Crippen molar-refractivity contribution in [2.75, 3.05) is 18.5 Å². The van der Waals surface area contributed by atoms with Crippen LogP contribution in [0.4, 0.5) is 5.69 Å². The predicted molar refractivity (Wildman–Crippen MR) is 118 cm³/mol. The molecular formula is C24H28N2O5. The van der Waals surface area contributed by atoms with E-state index in [-0.39, 0.29) is 30.1 Å². The van der Waals surface area contributed by atoms with Crippen molar-refractivity contribution < 1.29 is 23.9 Å². The topological polar surface area (TPSA) is 102 Å². The van der Waals surface area contributed by atoms with Crippen LogP contribution in [0, 0.1) is 0 Å². The van der Waals surface area contributed by atoms with Crippen LogP contribution in [0.25, 0.3) is 0 Å². The minimum Gasteiger partial charge on any atom is -0.456 e. The first-order valence-electron chi connectivity index (χ1n) is 10.0. The van der Waals surface area contributed by atoms with Crippen LogP contribution < -0.4 is 10.6 Å². The number of rotatable bonds is 8. The number of anilines is 1. The summed E-state index contributed by atoms with van der Waals surface area (Å²) >= 11 is 0. The molecule has 0 aliphatic rings. The predicted octanol–water partition coefficient (Wildman–Crippen LogP) is 3.49. The number of Topliss-reactive ketones (excluding diaryl/α,β-unsaturated/α-hetero) is 1. The Bertz CT molecular complexity index is 959. The van der Waals surface area contributed by atoms with Crippen molar-refractivity contribution in [3.05, 3.63) is 65.2 Å². The van der Waals surface area contributed by atoms with Gasteiger partial charge in [-0.2, -0.15) is 0 Å². The highest BCUT2D eigenvalue weighted by Crippen LogP contribution is 2.22. The highest BCUT2D eigenvalue weighted by Gasteiger charge is 2.15. The minimum atomic E-state index is -0.613. The number of amides is 2. The van der Waals surface area contributed by atoms with Gasteiger partial charge in [0, 0.05) is 17.7 Å². The van der Waals surface area contributed by atoms with Gasteiger partial charge < -0.3 is 15.4 Å². The van der Waals surface area contributed by atoms with E-state index in [9.17, 15) is 19.2 Å². The van der Waals surface area contributed by atoms with Crippen LogP contribution in [0.1, 0.15) is 60.4 Å². The molecule has 0 saturated carbocycles. The number of ketones is 1. The number of hydrogen-bond acceptors (Lipinski definition) is 5. The first-order chi connectivity index (χ1) is 14.6. The summed E-state index contributed by atoms with van der Waals surface area (Å²) in [6.07, 6.45) is -0.0663. The maximum atomic E-state index is 12.2. The molecule has 0 atom stereocenters. The lowest BCUT2D eigenvalue weighted by Gasteiger charge is -2.19. The summed E-state index contributed by atoms with van der Waals surface area (Å²) in [5.41, 5.74) is 2.36. The molecule has 2 amide bonds. The van der Waals surface area contributed by atoms with Gasteiger partial charge in [0.15, 0.2) is 12.4 Å². The molecule has 0 radical (unpaired) electrons. The third-order valence-corrected chi connectivity index (χ3v) is 4.57. The lowest BCUT2D eigenvalue weighted by Crippen LogP contribution is -2.28. The second-order valence-electron chi connectivity index (χ2n) is 8.14. The van der Waals surface area contributed by atoms with Crippen LogP contribution in [-0.4, -0.2) is 36.7 Å². The molecule has 0 aliphatic carbocycles. The van der Waals surface area contributed by atoms with Crippen molar-refractivity contribution in [2.24, 2.45) is 0 Å². The van der Waals surface area contributed by atoms with Crippen molar-refractivity contribution in [1.29, 1.82) is 0 Å². The van der Waals surface area contributed by atoms with E-state index in [1.807, 2.05) is 12.1 Å². The Labute approximate surface area is 182 Å². The van der Waals surface area contributed by atoms with E-state index in [0.29, 0.717) is 16.8 Å². The van der Waals surface area contributed by atoms with Crippen molar-refractivity contribution in [2.45, 2.75) is 39.5 Å². The number of benzene rings is 2. The quantitative estimate of drug-likeness (QED) is 0.499. The fraction of sp³-hybridized carbons (Fsp3) is 0.333. The van der Waals surface area contributed by atoms with Crippen LogP contribution in [0.15, 0.2) is 48.5 Å². The zero-order valence-corrected chi connectivity index (χ0v) is 18.3. The third kappa shape index (κ3) is 7.37. The van der Waals surface area contributed by atoms with Gasteiger partial charge in [-0.1, -0.05) is 45.0 Å². The SMILES string of the molecule is CC(=O)c1ccccc1NC(=O)COC(=O)CCNC(=O)c1ccc(C(C)(C)C)cc1. The highest BCUT2D eigenvalue weighted by atomic mass is 16.5. The lowest BCUT2D eigenvalue weighted by atomic mass is 9.87. The fourth-order valence-corrected chi connectivity index (χ4v) is 2.81. The molecule has 2 aromatic carbocycles. The molecule has 0 spiro atoms. The molecule has 7 heteroatoms. The fourth-order valence-electron chi connectivity index (χ4n) is 2.81. The third-order valence-electron chi connectivity index (χ3n) is 4.57. The number of hydrogen-bond donors (Lipinski definition) is 2. The molecule has 0 heterocycles. The van der Waals surface area contributed by atoms with Crippen molar-refractivity contribution in [3.8, 4) is 0 Å². The molecule has 0 saturated heterocycles. The molecule has 7 nitrogen and oxygen atoms in total. The zero-order valence-electron chi connectivity index (χ0n) is 18.3. The molecule has 2 aromatic rings. The number of esters is 1. The van der Waals surface area contributed by atoms with E-state index in [1.165, 1.54) is 6.92 Å². The Hall–Kier alpha value is -3.48. The van der Waals surface area contributed by atoms with Crippen LogP contribution in [0.2, 0.25) is 0 Å². The molecule has 0 aliphatic heterocycles. The molecular weight excluding hydrogens is 396 g/mol. The smallest absolute Gasteiger partial charge is 0.308 e. The Morgan fingerprint density at radius 1 is 0.935 bits per heavy atom. The molecule has 164 valence electrons. The largest absolute Gasteiger partial charge is 0.456 e. The van der Waals surface area contributed by atoms with E-state index in [1.54, 1.807) is 36.4 Å². The second-order valence-corrected chi connectivity index (χ2v) is 8.14. The van der Waals surface area contributed by atoms with Crippen LogP contribution >= 0.6 is 0 Å². The summed E-state index contributed by atoms with van der Waals surface area (Å²) in [5.74, 6) is -1.63. The van der Waals surface area contributed by atoms with Gasteiger partial charge in [-0.05, 0) is 42.2 Å². The summed E-state index contributed by atoms with van der Waals surface area (Å²) in [6.45, 7) is 7.29. The van der Waals surface area contributed by atoms with Gasteiger partial charge in [0.1, 0.15) is 0 Å². The van der Waals surface area contributed by atoms with Crippen molar-refractivity contribution >= 4 is 29.3 Å². The molecule has 2 N–H and O–H groups in total. The summed E-state index contributed by atoms with van der Waals surface area (Å²) in [5, 5.41) is 5.21. The van der Waals surface area contributed by atoms with E-state index >= 15 is 0 Å². The standard InChI is InChI=1S/C24H28N2O5/c1-16(27)19-7-5-6-8-20(19)26-21(28)15-31-22(29)13-14-25-23(30)17-9-11-18(12-10-17)24(2,3)4/h5-12H,13-15H2,1-4H3,(H,25,30)(H,26,28). The first kappa shape index (κ1) is 23.8. The van der Waals surface area contributed by atoms with Gasteiger partial charge >= 0.3 is 5.97 Å². The van der Waals surface area contributed by atoms with Gasteiger partial charge in [-0.25, -0.2) is 0 Å². The lowest BCUT2D eigenvalue weighted by molar-refractivity contribution is -0.147. The number of carbonyl (C=O) groups excluding carboxylic acids is 4. The monoisotopic (exact) mass is 424 g/mol. The van der Waals surface area contributed by atoms with Crippen LogP contribution in [-0.2, 0) is 19.7 Å². The molecule has 0 bridgehead atoms. The summed E-state index contributed by atoms with van der Waals surface area (Å²) in [4.78, 5) is 47.6. The summed E-state index contributed by atoms with van der Waals surface area (Å²) < 4.78 is 4.93. The zero-order chi connectivity index (χ0) is 23.0. The van der Waals surface area contributed by atoms with Gasteiger partial charge in [-0.15, -0.1) is 0 Å². The van der Waals surface area contributed by atoms with Crippen molar-refractivity contribution in [1.82, 2.24) is 5.32 Å². The van der Waals surface area contributed by atoms with E-state index in [2.05, 4.69) is 31.4 Å². The first-order valence-corrected chi connectivity index (χ1v) is 10.0. The Kier molecular flexibility index (Phi) is 8.07. The molecule has 0 aromatic heterocycles. The van der Waals surface area contributed by atoms with E-state index in [4.69, 9.17) is 4.74 Å². The van der Waals surface area contributed by atoms with Gasteiger partial charge in [0.25, 0.3) is 11.8 Å². The Balaban J connectivity index is 1.74. The molecule has 2 rings (SSSR count). The average Bonchev–Trinajstić information content (AvgIpc) is 2.72. The maximum absolute atomic E-state index is 12.2. The highest BCUT2D eigenvalue weighted by molar-refractivity contribution is 6.04. The molecule has 0 fully saturated rings. The van der Waals surface area contributed by atoms with Gasteiger partial charge in [-0.3, -0.25) is 19.2 Å². The minimum absolute atomic E-state index is 0.000790. The number of para-hydroxylation sites is 1. The maximum Gasteiger partial charge on any atom is 0.308 e. The van der Waals surface area contributed by atoms with E-state index in [0.717, 1.165) is 5.56 Å². The number of ether oxygens (including phenoxy) is 1. The number of nitrogens with one attached hydrogen (secondary N) is 2. The number of carbonyl (C=O) groups is 4. The summed E-state index contributed by atoms with van der Waals surface area (Å²) in [6, 6.07) is 13.9. The Morgan fingerprint density at radius 2 is 1.58 bits per heavy atom. The van der Waals surface area contributed by atoms with Gasteiger partial charge in [0.2, 0.25) is 0 Å². The summed E-state index contributed by atoms with van der Waals surface area (Å²) in [7, 11) is 0. The normalized spacial score (nSPS) is 10.8. The average molecular weight is 424 g/mol. The van der Waals surface area contributed by atoms with E-state index < -0.39 is 18.5 Å². The van der Waals surface area contributed by atoms with Crippen LogP contribution in [0.5, 0.6) is 0 Å². The molecule has 31 heavy (non-hydrogen) atoms.